The molecule has 0 unspecified atom stereocenters. The highest BCUT2D eigenvalue weighted by Gasteiger charge is 2.10. The molecule has 2 aromatic rings. The van der Waals surface area contributed by atoms with Crippen molar-refractivity contribution in [2.75, 3.05) is 18.0 Å². The van der Waals surface area contributed by atoms with Crippen molar-refractivity contribution in [1.29, 1.82) is 0 Å². The summed E-state index contributed by atoms with van der Waals surface area (Å²) in [6.45, 7) is 7.95. The lowest BCUT2D eigenvalue weighted by atomic mass is 10.1. The summed E-state index contributed by atoms with van der Waals surface area (Å²) in [5.74, 6) is 0.0462. The molecule has 2 aromatic carbocycles. The maximum absolute atomic E-state index is 12.2. The SMILES string of the molecule is CCN(CC(=O)NCc1cccc(C)c1)c1cccc(C)c1. The summed E-state index contributed by atoms with van der Waals surface area (Å²) in [6, 6.07) is 16.4. The van der Waals surface area contributed by atoms with Gasteiger partial charge in [-0.05, 0) is 44.0 Å². The molecular weight excluding hydrogens is 272 g/mol. The molecule has 0 heterocycles. The Hall–Kier alpha value is -2.29. The van der Waals surface area contributed by atoms with Crippen molar-refractivity contribution in [2.24, 2.45) is 0 Å². The number of aryl methyl sites for hydroxylation is 2. The lowest BCUT2D eigenvalue weighted by Gasteiger charge is -2.23. The van der Waals surface area contributed by atoms with Gasteiger partial charge in [0.1, 0.15) is 0 Å². The summed E-state index contributed by atoms with van der Waals surface area (Å²) in [5, 5.41) is 2.99. The Morgan fingerprint density at radius 3 is 2.36 bits per heavy atom. The van der Waals surface area contributed by atoms with Crippen LogP contribution in [0.2, 0.25) is 0 Å². The van der Waals surface area contributed by atoms with Gasteiger partial charge in [0.2, 0.25) is 5.91 Å². The molecule has 3 heteroatoms. The topological polar surface area (TPSA) is 32.3 Å². The average molecular weight is 296 g/mol. The molecule has 0 aliphatic rings. The summed E-state index contributed by atoms with van der Waals surface area (Å²) in [6.07, 6.45) is 0. The number of carbonyl (C=O) groups excluding carboxylic acids is 1. The zero-order chi connectivity index (χ0) is 15.9. The number of rotatable bonds is 6. The molecule has 0 aliphatic carbocycles. The highest BCUT2D eigenvalue weighted by atomic mass is 16.2. The molecule has 3 nitrogen and oxygen atoms in total. The van der Waals surface area contributed by atoms with E-state index in [1.54, 1.807) is 0 Å². The van der Waals surface area contributed by atoms with E-state index in [-0.39, 0.29) is 5.91 Å². The van der Waals surface area contributed by atoms with Crippen molar-refractivity contribution in [2.45, 2.75) is 27.3 Å². The maximum atomic E-state index is 12.2. The molecule has 116 valence electrons. The molecule has 2 rings (SSSR count). The molecule has 0 spiro atoms. The van der Waals surface area contributed by atoms with Crippen molar-refractivity contribution in [3.8, 4) is 0 Å². The van der Waals surface area contributed by atoms with Crippen LogP contribution in [-0.4, -0.2) is 19.0 Å². The molecule has 0 saturated carbocycles. The number of nitrogens with one attached hydrogen (secondary N) is 1. The Morgan fingerprint density at radius 2 is 1.73 bits per heavy atom. The van der Waals surface area contributed by atoms with Crippen molar-refractivity contribution in [3.63, 3.8) is 0 Å². The highest BCUT2D eigenvalue weighted by molar-refractivity contribution is 5.81. The number of carbonyl (C=O) groups is 1. The first-order valence-corrected chi connectivity index (χ1v) is 7.72. The molecule has 0 fully saturated rings. The van der Waals surface area contributed by atoms with Gasteiger partial charge in [0.05, 0.1) is 6.54 Å². The minimum Gasteiger partial charge on any atom is -0.362 e. The fourth-order valence-corrected chi connectivity index (χ4v) is 2.46. The van der Waals surface area contributed by atoms with Crippen LogP contribution in [0.5, 0.6) is 0 Å². The van der Waals surface area contributed by atoms with Gasteiger partial charge in [-0.1, -0.05) is 42.0 Å². The predicted molar refractivity (Wildman–Crippen MR) is 92.1 cm³/mol. The second-order valence-electron chi connectivity index (χ2n) is 5.62. The van der Waals surface area contributed by atoms with E-state index in [9.17, 15) is 4.79 Å². The van der Waals surface area contributed by atoms with E-state index in [1.807, 2.05) is 24.3 Å². The fourth-order valence-electron chi connectivity index (χ4n) is 2.46. The van der Waals surface area contributed by atoms with E-state index in [2.05, 4.69) is 55.3 Å². The van der Waals surface area contributed by atoms with Gasteiger partial charge in [-0.3, -0.25) is 4.79 Å². The van der Waals surface area contributed by atoms with E-state index < -0.39 is 0 Å². The van der Waals surface area contributed by atoms with Crippen LogP contribution >= 0.6 is 0 Å². The number of hydrogen-bond donors (Lipinski definition) is 1. The molecule has 1 N–H and O–H groups in total. The Balaban J connectivity index is 1.92. The van der Waals surface area contributed by atoms with Gasteiger partial charge in [-0.2, -0.15) is 0 Å². The van der Waals surface area contributed by atoms with Gasteiger partial charge in [0, 0.05) is 18.8 Å². The normalized spacial score (nSPS) is 10.3. The van der Waals surface area contributed by atoms with Crippen LogP contribution in [0.4, 0.5) is 5.69 Å². The Kier molecular flexibility index (Phi) is 5.59. The molecule has 0 bridgehead atoms. The third-order valence-electron chi connectivity index (χ3n) is 3.66. The smallest absolute Gasteiger partial charge is 0.239 e. The van der Waals surface area contributed by atoms with Gasteiger partial charge in [-0.15, -0.1) is 0 Å². The van der Waals surface area contributed by atoms with E-state index >= 15 is 0 Å². The van der Waals surface area contributed by atoms with Crippen molar-refractivity contribution < 1.29 is 4.79 Å². The van der Waals surface area contributed by atoms with Gasteiger partial charge in [0.15, 0.2) is 0 Å². The number of anilines is 1. The average Bonchev–Trinajstić information content (AvgIpc) is 2.50. The monoisotopic (exact) mass is 296 g/mol. The number of nitrogens with zero attached hydrogens (tertiary/aromatic N) is 1. The first-order chi connectivity index (χ1) is 10.6. The third-order valence-corrected chi connectivity index (χ3v) is 3.66. The van der Waals surface area contributed by atoms with Crippen molar-refractivity contribution in [3.05, 3.63) is 65.2 Å². The minimum absolute atomic E-state index is 0.0462. The van der Waals surface area contributed by atoms with E-state index in [4.69, 9.17) is 0 Å². The summed E-state index contributed by atoms with van der Waals surface area (Å²) < 4.78 is 0. The molecule has 0 aliphatic heterocycles. The minimum atomic E-state index is 0.0462. The number of amides is 1. The first-order valence-electron chi connectivity index (χ1n) is 7.72. The molecule has 0 aromatic heterocycles. The Bertz CT molecular complexity index is 637. The largest absolute Gasteiger partial charge is 0.362 e. The van der Waals surface area contributed by atoms with Crippen LogP contribution in [0, 0.1) is 13.8 Å². The summed E-state index contributed by atoms with van der Waals surface area (Å²) in [5.41, 5.74) is 4.64. The summed E-state index contributed by atoms with van der Waals surface area (Å²) in [7, 11) is 0. The molecule has 0 atom stereocenters. The Labute approximate surface area is 133 Å². The fraction of sp³-hybridized carbons (Fsp3) is 0.316. The molecule has 0 radical (unpaired) electrons. The molecule has 0 saturated heterocycles. The standard InChI is InChI=1S/C19H24N2O/c1-4-21(18-10-6-8-16(3)12-18)14-19(22)20-13-17-9-5-7-15(2)11-17/h5-12H,4,13-14H2,1-3H3,(H,20,22). The van der Waals surface area contributed by atoms with E-state index in [0.717, 1.165) is 17.8 Å². The van der Waals surface area contributed by atoms with Crippen molar-refractivity contribution in [1.82, 2.24) is 5.32 Å². The lowest BCUT2D eigenvalue weighted by molar-refractivity contribution is -0.119. The van der Waals surface area contributed by atoms with Crippen LogP contribution in [0.1, 0.15) is 23.6 Å². The van der Waals surface area contributed by atoms with E-state index in [1.165, 1.54) is 11.1 Å². The van der Waals surface area contributed by atoms with E-state index in [0.29, 0.717) is 13.1 Å². The van der Waals surface area contributed by atoms with Crippen LogP contribution in [-0.2, 0) is 11.3 Å². The third kappa shape index (κ3) is 4.62. The first kappa shape index (κ1) is 16.1. The quantitative estimate of drug-likeness (QED) is 0.885. The lowest BCUT2D eigenvalue weighted by Crippen LogP contribution is -2.37. The molecule has 1 amide bonds. The molecule has 22 heavy (non-hydrogen) atoms. The second-order valence-corrected chi connectivity index (χ2v) is 5.62. The van der Waals surface area contributed by atoms with Gasteiger partial charge in [-0.25, -0.2) is 0 Å². The zero-order valence-corrected chi connectivity index (χ0v) is 13.6. The Morgan fingerprint density at radius 1 is 1.05 bits per heavy atom. The maximum Gasteiger partial charge on any atom is 0.239 e. The van der Waals surface area contributed by atoms with Crippen molar-refractivity contribution >= 4 is 11.6 Å². The van der Waals surface area contributed by atoms with Crippen LogP contribution in [0.15, 0.2) is 48.5 Å². The van der Waals surface area contributed by atoms with Crippen LogP contribution < -0.4 is 10.2 Å². The number of likely N-dealkylation sites (N-methyl/N-ethyl adjacent to an activating group) is 1. The number of hydrogen-bond acceptors (Lipinski definition) is 2. The zero-order valence-electron chi connectivity index (χ0n) is 13.6. The van der Waals surface area contributed by atoms with Crippen LogP contribution in [0.25, 0.3) is 0 Å². The highest BCUT2D eigenvalue weighted by Crippen LogP contribution is 2.15. The van der Waals surface area contributed by atoms with Gasteiger partial charge in [0.25, 0.3) is 0 Å². The molecular formula is C19H24N2O. The second kappa shape index (κ2) is 7.64. The summed E-state index contributed by atoms with van der Waals surface area (Å²) in [4.78, 5) is 14.3. The van der Waals surface area contributed by atoms with Gasteiger partial charge >= 0.3 is 0 Å². The van der Waals surface area contributed by atoms with Gasteiger partial charge < -0.3 is 10.2 Å². The number of benzene rings is 2. The van der Waals surface area contributed by atoms with Crippen LogP contribution in [0.3, 0.4) is 0 Å². The predicted octanol–water partition coefficient (Wildman–Crippen LogP) is 3.45. The summed E-state index contributed by atoms with van der Waals surface area (Å²) >= 11 is 0.